The Morgan fingerprint density at radius 3 is 2.75 bits per heavy atom. The molecular weight excluding hydrogens is 404 g/mol. The van der Waals surface area contributed by atoms with Gasteiger partial charge in [0.05, 0.1) is 23.7 Å². The summed E-state index contributed by atoms with van der Waals surface area (Å²) in [5.41, 5.74) is 8.65. The van der Waals surface area contributed by atoms with Gasteiger partial charge in [-0.05, 0) is 48.9 Å². The number of furan rings is 1. The van der Waals surface area contributed by atoms with Crippen LogP contribution in [0.5, 0.6) is 0 Å². The van der Waals surface area contributed by atoms with Crippen molar-refractivity contribution in [1.29, 1.82) is 0 Å². The average Bonchev–Trinajstić information content (AvgIpc) is 3.36. The van der Waals surface area contributed by atoms with E-state index in [0.29, 0.717) is 5.56 Å². The van der Waals surface area contributed by atoms with E-state index in [2.05, 4.69) is 27.3 Å². The van der Waals surface area contributed by atoms with Gasteiger partial charge >= 0.3 is 0 Å². The fraction of sp³-hybridized carbons (Fsp3) is 0.160. The van der Waals surface area contributed by atoms with Crippen molar-refractivity contribution in [2.75, 3.05) is 0 Å². The van der Waals surface area contributed by atoms with Gasteiger partial charge in [-0.1, -0.05) is 30.3 Å². The van der Waals surface area contributed by atoms with E-state index in [4.69, 9.17) is 4.42 Å². The Bertz CT molecular complexity index is 1500. The van der Waals surface area contributed by atoms with Crippen molar-refractivity contribution in [2.24, 2.45) is 0 Å². The van der Waals surface area contributed by atoms with Crippen molar-refractivity contribution >= 4 is 44.6 Å². The molecule has 0 aliphatic rings. The van der Waals surface area contributed by atoms with Gasteiger partial charge in [-0.15, -0.1) is 0 Å². The second-order valence-electron chi connectivity index (χ2n) is 7.71. The number of amides is 2. The van der Waals surface area contributed by atoms with Gasteiger partial charge in [0.1, 0.15) is 11.4 Å². The van der Waals surface area contributed by atoms with Gasteiger partial charge in [0.15, 0.2) is 0 Å². The SMILES string of the molecule is CCn1c(C)nc2cc(C(=O)NNC(=O)Cc3coc4ccc5ccccc5c34)ccc21. The summed E-state index contributed by atoms with van der Waals surface area (Å²) in [4.78, 5) is 29.6. The van der Waals surface area contributed by atoms with Crippen LogP contribution in [0, 0.1) is 6.92 Å². The molecule has 0 fully saturated rings. The number of hydrogen-bond donors (Lipinski definition) is 2. The van der Waals surface area contributed by atoms with E-state index in [0.717, 1.165) is 50.7 Å². The number of nitrogens with one attached hydrogen (secondary N) is 2. The molecule has 0 unspecified atom stereocenters. The number of carbonyl (C=O) groups excluding carboxylic acids is 2. The van der Waals surface area contributed by atoms with Gasteiger partial charge in [-0.2, -0.15) is 0 Å². The molecule has 3 aromatic carbocycles. The number of aromatic nitrogens is 2. The van der Waals surface area contributed by atoms with Crippen LogP contribution >= 0.6 is 0 Å². The summed E-state index contributed by atoms with van der Waals surface area (Å²) < 4.78 is 7.72. The quantitative estimate of drug-likeness (QED) is 0.420. The number of nitrogens with zero attached hydrogens (tertiary/aromatic N) is 2. The van der Waals surface area contributed by atoms with Crippen molar-refractivity contribution in [3.63, 3.8) is 0 Å². The number of imidazole rings is 1. The van der Waals surface area contributed by atoms with Crippen LogP contribution in [-0.4, -0.2) is 21.4 Å². The van der Waals surface area contributed by atoms with E-state index in [1.54, 1.807) is 18.4 Å². The minimum absolute atomic E-state index is 0.0838. The molecule has 2 aromatic heterocycles. The maximum absolute atomic E-state index is 12.6. The molecule has 5 rings (SSSR count). The molecule has 2 amide bonds. The fourth-order valence-electron chi connectivity index (χ4n) is 4.21. The Kier molecular flexibility index (Phi) is 4.86. The third-order valence-electron chi connectivity index (χ3n) is 5.72. The lowest BCUT2D eigenvalue weighted by Gasteiger charge is -2.08. The van der Waals surface area contributed by atoms with Gasteiger partial charge in [0.25, 0.3) is 5.91 Å². The lowest BCUT2D eigenvalue weighted by molar-refractivity contribution is -0.121. The molecule has 5 aromatic rings. The summed E-state index contributed by atoms with van der Waals surface area (Å²) in [6.45, 7) is 4.80. The molecule has 0 aliphatic carbocycles. The van der Waals surface area contributed by atoms with Crippen molar-refractivity contribution < 1.29 is 14.0 Å². The minimum Gasteiger partial charge on any atom is -0.464 e. The molecule has 7 heteroatoms. The summed E-state index contributed by atoms with van der Waals surface area (Å²) in [7, 11) is 0. The smallest absolute Gasteiger partial charge is 0.269 e. The van der Waals surface area contributed by atoms with Gasteiger partial charge in [-0.25, -0.2) is 4.98 Å². The Balaban J connectivity index is 1.31. The molecule has 0 radical (unpaired) electrons. The largest absolute Gasteiger partial charge is 0.464 e. The van der Waals surface area contributed by atoms with Crippen molar-refractivity contribution in [3.8, 4) is 0 Å². The van der Waals surface area contributed by atoms with Crippen molar-refractivity contribution in [2.45, 2.75) is 26.8 Å². The van der Waals surface area contributed by atoms with Crippen LogP contribution < -0.4 is 10.9 Å². The van der Waals surface area contributed by atoms with Crippen LogP contribution in [-0.2, 0) is 17.8 Å². The summed E-state index contributed by atoms with van der Waals surface area (Å²) in [5, 5.41) is 3.02. The maximum Gasteiger partial charge on any atom is 0.269 e. The highest BCUT2D eigenvalue weighted by Crippen LogP contribution is 2.30. The van der Waals surface area contributed by atoms with Crippen molar-refractivity contribution in [3.05, 3.63) is 77.8 Å². The first-order valence-electron chi connectivity index (χ1n) is 10.5. The van der Waals surface area contributed by atoms with Crippen LogP contribution in [0.25, 0.3) is 32.8 Å². The topological polar surface area (TPSA) is 89.2 Å². The number of benzene rings is 3. The maximum atomic E-state index is 12.6. The zero-order valence-corrected chi connectivity index (χ0v) is 17.8. The molecule has 32 heavy (non-hydrogen) atoms. The number of hydrazine groups is 1. The molecule has 160 valence electrons. The van der Waals surface area contributed by atoms with Crippen LogP contribution in [0.3, 0.4) is 0 Å². The molecule has 0 bridgehead atoms. The second kappa shape index (κ2) is 7.85. The van der Waals surface area contributed by atoms with E-state index in [1.807, 2.05) is 49.4 Å². The summed E-state index contributed by atoms with van der Waals surface area (Å²) in [6, 6.07) is 17.2. The predicted octanol–water partition coefficient (Wildman–Crippen LogP) is 4.27. The van der Waals surface area contributed by atoms with E-state index in [9.17, 15) is 9.59 Å². The van der Waals surface area contributed by atoms with E-state index in [1.165, 1.54) is 0 Å². The Labute approximate surface area is 184 Å². The standard InChI is InChI=1S/C25H22N4O3/c1-3-29-15(2)26-20-12-17(8-10-21(20)29)25(31)28-27-23(30)13-18-14-32-22-11-9-16-6-4-5-7-19(16)24(18)22/h4-12,14H,3,13H2,1-2H3,(H,27,30)(H,28,31). The Morgan fingerprint density at radius 1 is 1.06 bits per heavy atom. The third-order valence-corrected chi connectivity index (χ3v) is 5.72. The molecule has 0 saturated heterocycles. The molecule has 0 spiro atoms. The third kappa shape index (κ3) is 3.37. The fourth-order valence-corrected chi connectivity index (χ4v) is 4.21. The molecular formula is C25H22N4O3. The zero-order valence-electron chi connectivity index (χ0n) is 17.8. The number of hydrogen-bond acceptors (Lipinski definition) is 4. The van der Waals surface area contributed by atoms with E-state index in [-0.39, 0.29) is 12.3 Å². The molecule has 0 saturated carbocycles. The molecule has 2 heterocycles. The van der Waals surface area contributed by atoms with Gasteiger partial charge in [0, 0.05) is 23.1 Å². The summed E-state index contributed by atoms with van der Waals surface area (Å²) >= 11 is 0. The Morgan fingerprint density at radius 2 is 1.91 bits per heavy atom. The number of aryl methyl sites for hydroxylation is 2. The van der Waals surface area contributed by atoms with Gasteiger partial charge < -0.3 is 8.98 Å². The van der Waals surface area contributed by atoms with Crippen molar-refractivity contribution in [1.82, 2.24) is 20.4 Å². The van der Waals surface area contributed by atoms with Crippen LogP contribution in [0.2, 0.25) is 0 Å². The minimum atomic E-state index is -0.397. The van der Waals surface area contributed by atoms with Gasteiger partial charge in [-0.3, -0.25) is 20.4 Å². The first-order chi connectivity index (χ1) is 15.5. The predicted molar refractivity (Wildman–Crippen MR) is 123 cm³/mol. The second-order valence-corrected chi connectivity index (χ2v) is 7.71. The van der Waals surface area contributed by atoms with Crippen LogP contribution in [0.1, 0.15) is 28.7 Å². The molecule has 2 N–H and O–H groups in total. The van der Waals surface area contributed by atoms with E-state index >= 15 is 0 Å². The summed E-state index contributed by atoms with van der Waals surface area (Å²) in [5.74, 6) is 0.167. The van der Waals surface area contributed by atoms with Gasteiger partial charge in [0.2, 0.25) is 5.91 Å². The molecule has 0 aliphatic heterocycles. The Hall–Kier alpha value is -4.13. The number of fused-ring (bicyclic) bond motifs is 4. The summed E-state index contributed by atoms with van der Waals surface area (Å²) in [6.07, 6.45) is 1.68. The zero-order chi connectivity index (χ0) is 22.2. The first kappa shape index (κ1) is 19.8. The normalized spacial score (nSPS) is 11.3. The highest BCUT2D eigenvalue weighted by molar-refractivity contribution is 6.08. The van der Waals surface area contributed by atoms with Crippen LogP contribution in [0.4, 0.5) is 0 Å². The highest BCUT2D eigenvalue weighted by atomic mass is 16.3. The first-order valence-corrected chi connectivity index (χ1v) is 10.5. The lowest BCUT2D eigenvalue weighted by Crippen LogP contribution is -2.42. The molecule has 0 atom stereocenters. The molecule has 7 nitrogen and oxygen atoms in total. The number of rotatable bonds is 4. The monoisotopic (exact) mass is 426 g/mol. The number of carbonyl (C=O) groups is 2. The van der Waals surface area contributed by atoms with Crippen LogP contribution in [0.15, 0.2) is 65.3 Å². The lowest BCUT2D eigenvalue weighted by atomic mass is 10.0. The highest BCUT2D eigenvalue weighted by Gasteiger charge is 2.15. The average molecular weight is 426 g/mol. The van der Waals surface area contributed by atoms with E-state index < -0.39 is 5.91 Å².